The summed E-state index contributed by atoms with van der Waals surface area (Å²) < 4.78 is 17.9. The summed E-state index contributed by atoms with van der Waals surface area (Å²) in [6.07, 6.45) is 4.66. The highest BCUT2D eigenvalue weighted by atomic mass is 79.9. The summed E-state index contributed by atoms with van der Waals surface area (Å²) in [5, 5.41) is 0. The molecule has 4 heteroatoms. The average molecular weight is 354 g/mol. The Bertz CT molecular complexity index is 572. The van der Waals surface area contributed by atoms with Crippen molar-refractivity contribution >= 4 is 33.0 Å². The Kier molecular flexibility index (Phi) is 3.55. The third kappa shape index (κ3) is 2.58. The van der Waals surface area contributed by atoms with Crippen LogP contribution < -0.4 is 0 Å². The first-order chi connectivity index (χ1) is 9.32. The van der Waals surface area contributed by atoms with Gasteiger partial charge in [-0.25, -0.2) is 0 Å². The quantitative estimate of drug-likeness (QED) is 0.688. The minimum absolute atomic E-state index is 0.217. The second-order valence-corrected chi connectivity index (χ2v) is 9.70. The topological polar surface area (TPSA) is 35.4 Å². The van der Waals surface area contributed by atoms with E-state index in [9.17, 15) is 4.55 Å². The average Bonchev–Trinajstić information content (AvgIpc) is 3.12. The van der Waals surface area contributed by atoms with Crippen LogP contribution in [0.1, 0.15) is 51.2 Å². The maximum absolute atomic E-state index is 12.5. The van der Waals surface area contributed by atoms with Crippen molar-refractivity contribution in [1.82, 2.24) is 0 Å². The standard InChI is InChI=1S/C16H20BrNOS/c1-15(2,3)20(19)18-14-13-10-12(17)5-4-11(13)6-7-16(14)8-9-16/h4-5,10H,6-9H2,1-3H3/b18-14+. The highest BCUT2D eigenvalue weighted by Crippen LogP contribution is 2.55. The molecular weight excluding hydrogens is 334 g/mol. The zero-order chi connectivity index (χ0) is 14.5. The molecule has 2 aliphatic rings. The summed E-state index contributed by atoms with van der Waals surface area (Å²) in [6, 6.07) is 6.40. The molecule has 0 saturated heterocycles. The molecule has 1 fully saturated rings. The first kappa shape index (κ1) is 14.6. The molecule has 0 radical (unpaired) electrons. The van der Waals surface area contributed by atoms with Gasteiger partial charge in [0.1, 0.15) is 21.8 Å². The summed E-state index contributed by atoms with van der Waals surface area (Å²) in [7, 11) is 0. The molecule has 1 spiro atoms. The van der Waals surface area contributed by atoms with Crippen LogP contribution in [-0.2, 0) is 17.8 Å². The molecule has 1 unspecified atom stereocenters. The molecule has 1 aromatic rings. The molecule has 1 saturated carbocycles. The van der Waals surface area contributed by atoms with E-state index in [0.717, 1.165) is 23.0 Å². The smallest absolute Gasteiger partial charge is 0.144 e. The van der Waals surface area contributed by atoms with Gasteiger partial charge in [-0.1, -0.05) is 26.4 Å². The van der Waals surface area contributed by atoms with Crippen molar-refractivity contribution in [2.75, 3.05) is 0 Å². The van der Waals surface area contributed by atoms with Crippen LogP contribution in [0.25, 0.3) is 0 Å². The van der Waals surface area contributed by atoms with E-state index in [1.807, 2.05) is 20.8 Å². The van der Waals surface area contributed by atoms with Gasteiger partial charge in [0.2, 0.25) is 0 Å². The molecule has 0 aliphatic heterocycles. The molecule has 2 aliphatic carbocycles. The molecule has 20 heavy (non-hydrogen) atoms. The molecule has 1 aromatic carbocycles. The molecule has 0 N–H and O–H groups in total. The first-order valence-electron chi connectivity index (χ1n) is 7.12. The fourth-order valence-electron chi connectivity index (χ4n) is 2.77. The third-order valence-electron chi connectivity index (χ3n) is 4.25. The fourth-order valence-corrected chi connectivity index (χ4v) is 3.86. The van der Waals surface area contributed by atoms with E-state index in [0.29, 0.717) is 0 Å². The van der Waals surface area contributed by atoms with Gasteiger partial charge < -0.3 is 4.55 Å². The van der Waals surface area contributed by atoms with Gasteiger partial charge >= 0.3 is 0 Å². The number of aryl methyl sites for hydroxylation is 1. The number of hydrogen-bond donors (Lipinski definition) is 0. The molecule has 0 amide bonds. The van der Waals surface area contributed by atoms with Crippen LogP contribution in [0.2, 0.25) is 0 Å². The number of nitrogens with zero attached hydrogens (tertiary/aromatic N) is 1. The predicted molar refractivity (Wildman–Crippen MR) is 88.6 cm³/mol. The van der Waals surface area contributed by atoms with E-state index in [1.54, 1.807) is 0 Å². The second kappa shape index (κ2) is 4.85. The lowest BCUT2D eigenvalue weighted by molar-refractivity contribution is 0.558. The Morgan fingerprint density at radius 3 is 2.55 bits per heavy atom. The van der Waals surface area contributed by atoms with E-state index in [2.05, 4.69) is 38.5 Å². The van der Waals surface area contributed by atoms with Gasteiger partial charge in [0, 0.05) is 15.5 Å². The van der Waals surface area contributed by atoms with E-state index < -0.39 is 11.4 Å². The van der Waals surface area contributed by atoms with Crippen molar-refractivity contribution in [3.05, 3.63) is 33.8 Å². The van der Waals surface area contributed by atoms with Crippen LogP contribution in [0.3, 0.4) is 0 Å². The maximum atomic E-state index is 12.5. The minimum Gasteiger partial charge on any atom is -0.591 e. The van der Waals surface area contributed by atoms with Crippen molar-refractivity contribution in [3.8, 4) is 0 Å². The molecule has 3 rings (SSSR count). The lowest BCUT2D eigenvalue weighted by atomic mass is 9.80. The van der Waals surface area contributed by atoms with Crippen LogP contribution in [0.4, 0.5) is 0 Å². The second-order valence-electron chi connectivity index (χ2n) is 6.88. The van der Waals surface area contributed by atoms with Gasteiger partial charge in [0.15, 0.2) is 0 Å². The van der Waals surface area contributed by atoms with Crippen molar-refractivity contribution in [2.24, 2.45) is 9.81 Å². The molecule has 1 atom stereocenters. The number of hydrogen-bond acceptors (Lipinski definition) is 2. The first-order valence-corrected chi connectivity index (χ1v) is 9.02. The lowest BCUT2D eigenvalue weighted by Crippen LogP contribution is -2.31. The van der Waals surface area contributed by atoms with E-state index >= 15 is 0 Å². The van der Waals surface area contributed by atoms with Gasteiger partial charge in [0.25, 0.3) is 0 Å². The number of fused-ring (bicyclic) bond motifs is 1. The zero-order valence-electron chi connectivity index (χ0n) is 12.2. The highest BCUT2D eigenvalue weighted by molar-refractivity contribution is 9.10. The molecule has 0 bridgehead atoms. The largest absolute Gasteiger partial charge is 0.591 e. The van der Waals surface area contributed by atoms with Crippen LogP contribution >= 0.6 is 15.9 Å². The summed E-state index contributed by atoms with van der Waals surface area (Å²) in [4.78, 5) is 0. The van der Waals surface area contributed by atoms with E-state index in [-0.39, 0.29) is 10.2 Å². The van der Waals surface area contributed by atoms with Crippen LogP contribution in [0.15, 0.2) is 27.1 Å². The fraction of sp³-hybridized carbons (Fsp3) is 0.562. The van der Waals surface area contributed by atoms with Gasteiger partial charge in [-0.3, -0.25) is 0 Å². The predicted octanol–water partition coefficient (Wildman–Crippen LogP) is 4.43. The SMILES string of the molecule is CC(C)(C)[S+]([O-])/N=C1\c2cc(Br)ccc2CCC12CC2. The van der Waals surface area contributed by atoms with Crippen LogP contribution in [0.5, 0.6) is 0 Å². The summed E-state index contributed by atoms with van der Waals surface area (Å²) >= 11 is 2.37. The van der Waals surface area contributed by atoms with Crippen molar-refractivity contribution in [1.29, 1.82) is 0 Å². The third-order valence-corrected chi connectivity index (χ3v) is 6.14. The van der Waals surface area contributed by atoms with Crippen molar-refractivity contribution in [3.63, 3.8) is 0 Å². The monoisotopic (exact) mass is 353 g/mol. The summed E-state index contributed by atoms with van der Waals surface area (Å²) in [6.45, 7) is 5.95. The van der Waals surface area contributed by atoms with Crippen LogP contribution in [-0.4, -0.2) is 15.0 Å². The zero-order valence-corrected chi connectivity index (χ0v) is 14.6. The Morgan fingerprint density at radius 2 is 1.95 bits per heavy atom. The van der Waals surface area contributed by atoms with Crippen LogP contribution in [0, 0.1) is 5.41 Å². The van der Waals surface area contributed by atoms with E-state index in [1.165, 1.54) is 24.0 Å². The Labute approximate surface area is 132 Å². The Balaban J connectivity index is 2.08. The van der Waals surface area contributed by atoms with Gasteiger partial charge in [-0.2, -0.15) is 0 Å². The van der Waals surface area contributed by atoms with Gasteiger partial charge in [-0.15, -0.1) is 0 Å². The summed E-state index contributed by atoms with van der Waals surface area (Å²) in [5.74, 6) is 0. The molecule has 2 nitrogen and oxygen atoms in total. The summed E-state index contributed by atoms with van der Waals surface area (Å²) in [5.41, 5.74) is 3.86. The highest BCUT2D eigenvalue weighted by Gasteiger charge is 2.51. The van der Waals surface area contributed by atoms with Crippen molar-refractivity contribution in [2.45, 2.75) is 51.2 Å². The van der Waals surface area contributed by atoms with Crippen molar-refractivity contribution < 1.29 is 4.55 Å². The molecule has 0 aromatic heterocycles. The number of rotatable bonds is 1. The normalized spacial score (nSPS) is 23.8. The van der Waals surface area contributed by atoms with Gasteiger partial charge in [0.05, 0.1) is 0 Å². The van der Waals surface area contributed by atoms with Gasteiger partial charge in [-0.05, 0) is 64.2 Å². The number of halogens is 1. The van der Waals surface area contributed by atoms with E-state index in [4.69, 9.17) is 0 Å². The lowest BCUT2D eigenvalue weighted by Gasteiger charge is -2.28. The maximum Gasteiger partial charge on any atom is 0.144 e. The Morgan fingerprint density at radius 1 is 1.25 bits per heavy atom. The number of benzene rings is 1. The molecule has 0 heterocycles. The molecule has 108 valence electrons. The minimum atomic E-state index is -1.18. The molecular formula is C16H20BrNOS. The Hall–Kier alpha value is -0.320.